The van der Waals surface area contributed by atoms with Crippen LogP contribution in [0.3, 0.4) is 0 Å². The van der Waals surface area contributed by atoms with Gasteiger partial charge < -0.3 is 20.1 Å². The van der Waals surface area contributed by atoms with E-state index < -0.39 is 0 Å². The molecule has 1 aromatic carbocycles. The van der Waals surface area contributed by atoms with Crippen LogP contribution in [-0.2, 0) is 4.79 Å². The molecule has 0 aromatic heterocycles. The molecule has 2 N–H and O–H groups in total. The third-order valence-electron chi connectivity index (χ3n) is 3.33. The van der Waals surface area contributed by atoms with Crippen molar-refractivity contribution >= 4 is 23.2 Å². The van der Waals surface area contributed by atoms with Gasteiger partial charge >= 0.3 is 0 Å². The predicted octanol–water partition coefficient (Wildman–Crippen LogP) is 1.74. The number of likely N-dealkylation sites (tertiary alicyclic amines) is 1. The fourth-order valence-electron chi connectivity index (χ4n) is 2.25. The molecule has 1 amide bonds. The van der Waals surface area contributed by atoms with Gasteiger partial charge in [-0.15, -0.1) is 0 Å². The van der Waals surface area contributed by atoms with Crippen LogP contribution < -0.4 is 10.1 Å². The van der Waals surface area contributed by atoms with Crippen molar-refractivity contribution in [2.24, 2.45) is 0 Å². The molecule has 1 aliphatic rings. The molecule has 110 valence electrons. The molecular weight excluding hydrogens is 280 g/mol. The SMILES string of the molecule is COc1ccc(Cl)cc1NCCC(=O)N1CC[C@@H](O)C1. The highest BCUT2D eigenvalue weighted by Gasteiger charge is 2.23. The lowest BCUT2D eigenvalue weighted by atomic mass is 10.2. The monoisotopic (exact) mass is 298 g/mol. The number of hydrogen-bond acceptors (Lipinski definition) is 4. The highest BCUT2D eigenvalue weighted by molar-refractivity contribution is 6.30. The van der Waals surface area contributed by atoms with Gasteiger partial charge in [0.25, 0.3) is 0 Å². The van der Waals surface area contributed by atoms with Crippen LogP contribution in [0, 0.1) is 0 Å². The van der Waals surface area contributed by atoms with Gasteiger partial charge in [-0.05, 0) is 24.6 Å². The van der Waals surface area contributed by atoms with E-state index in [4.69, 9.17) is 16.3 Å². The number of nitrogens with one attached hydrogen (secondary N) is 1. The second kappa shape index (κ2) is 6.81. The molecule has 2 rings (SSSR count). The van der Waals surface area contributed by atoms with Gasteiger partial charge in [-0.3, -0.25) is 4.79 Å². The van der Waals surface area contributed by atoms with Crippen molar-refractivity contribution in [1.29, 1.82) is 0 Å². The van der Waals surface area contributed by atoms with E-state index in [0.29, 0.717) is 43.2 Å². The average molecular weight is 299 g/mol. The third kappa shape index (κ3) is 3.77. The first-order chi connectivity index (χ1) is 9.60. The van der Waals surface area contributed by atoms with Gasteiger partial charge in [0, 0.05) is 31.1 Å². The quantitative estimate of drug-likeness (QED) is 0.869. The number of nitrogens with zero attached hydrogens (tertiary/aromatic N) is 1. The fraction of sp³-hybridized carbons (Fsp3) is 0.500. The number of carbonyl (C=O) groups is 1. The molecule has 0 unspecified atom stereocenters. The smallest absolute Gasteiger partial charge is 0.224 e. The van der Waals surface area contributed by atoms with Gasteiger partial charge in [0.05, 0.1) is 18.9 Å². The Labute approximate surface area is 123 Å². The van der Waals surface area contributed by atoms with Crippen LogP contribution in [0.4, 0.5) is 5.69 Å². The second-order valence-electron chi connectivity index (χ2n) is 4.80. The zero-order valence-electron chi connectivity index (χ0n) is 11.4. The topological polar surface area (TPSA) is 61.8 Å². The van der Waals surface area contributed by atoms with E-state index in [-0.39, 0.29) is 12.0 Å². The van der Waals surface area contributed by atoms with Crippen molar-refractivity contribution in [2.45, 2.75) is 18.9 Å². The number of ether oxygens (including phenoxy) is 1. The molecule has 0 spiro atoms. The van der Waals surface area contributed by atoms with Gasteiger partial charge in [0.2, 0.25) is 5.91 Å². The van der Waals surface area contributed by atoms with E-state index in [9.17, 15) is 9.90 Å². The number of halogens is 1. The second-order valence-corrected chi connectivity index (χ2v) is 5.24. The number of aliphatic hydroxyl groups is 1. The maximum Gasteiger partial charge on any atom is 0.224 e. The van der Waals surface area contributed by atoms with E-state index in [0.717, 1.165) is 5.69 Å². The number of hydrogen-bond donors (Lipinski definition) is 2. The first-order valence-electron chi connectivity index (χ1n) is 6.63. The maximum atomic E-state index is 11.9. The lowest BCUT2D eigenvalue weighted by molar-refractivity contribution is -0.130. The number of benzene rings is 1. The summed E-state index contributed by atoms with van der Waals surface area (Å²) in [7, 11) is 1.59. The summed E-state index contributed by atoms with van der Waals surface area (Å²) < 4.78 is 5.22. The highest BCUT2D eigenvalue weighted by Crippen LogP contribution is 2.27. The van der Waals surface area contributed by atoms with Crippen molar-refractivity contribution < 1.29 is 14.6 Å². The first-order valence-corrected chi connectivity index (χ1v) is 7.01. The van der Waals surface area contributed by atoms with Crippen molar-refractivity contribution in [3.8, 4) is 5.75 Å². The zero-order valence-corrected chi connectivity index (χ0v) is 12.2. The minimum absolute atomic E-state index is 0.0510. The van der Waals surface area contributed by atoms with Gasteiger partial charge in [-0.2, -0.15) is 0 Å². The van der Waals surface area contributed by atoms with E-state index in [2.05, 4.69) is 5.32 Å². The summed E-state index contributed by atoms with van der Waals surface area (Å²) in [6.45, 7) is 1.59. The molecule has 1 atom stereocenters. The largest absolute Gasteiger partial charge is 0.495 e. The Hall–Kier alpha value is -1.46. The highest BCUT2D eigenvalue weighted by atomic mass is 35.5. The minimum Gasteiger partial charge on any atom is -0.495 e. The van der Waals surface area contributed by atoms with Gasteiger partial charge in [0.15, 0.2) is 0 Å². The first kappa shape index (κ1) is 14.9. The summed E-state index contributed by atoms with van der Waals surface area (Å²) in [5.74, 6) is 0.744. The van der Waals surface area contributed by atoms with Crippen LogP contribution in [0.25, 0.3) is 0 Å². The standard InChI is InChI=1S/C14H19ClN2O3/c1-20-13-3-2-10(15)8-12(13)16-6-4-14(19)17-7-5-11(18)9-17/h2-3,8,11,16,18H,4-7,9H2,1H3/t11-/m1/s1. The number of rotatable bonds is 5. The summed E-state index contributed by atoms with van der Waals surface area (Å²) in [5.41, 5.74) is 0.772. The third-order valence-corrected chi connectivity index (χ3v) is 3.57. The Kier molecular flexibility index (Phi) is 5.09. The van der Waals surface area contributed by atoms with Crippen molar-refractivity contribution in [3.05, 3.63) is 23.2 Å². The van der Waals surface area contributed by atoms with Crippen LogP contribution in [-0.4, -0.2) is 48.8 Å². The zero-order chi connectivity index (χ0) is 14.5. The molecule has 1 saturated heterocycles. The number of anilines is 1. The molecule has 1 fully saturated rings. The number of β-amino-alcohol motifs (C(OH)–C–C–N with tert-alkyl or cyclic N) is 1. The number of aliphatic hydroxyl groups excluding tert-OH is 1. The summed E-state index contributed by atoms with van der Waals surface area (Å²) in [6, 6.07) is 5.30. The molecule has 0 saturated carbocycles. The summed E-state index contributed by atoms with van der Waals surface area (Å²) in [4.78, 5) is 13.6. The van der Waals surface area contributed by atoms with Gasteiger partial charge in [0.1, 0.15) is 5.75 Å². The van der Waals surface area contributed by atoms with Crippen LogP contribution in [0.2, 0.25) is 5.02 Å². The molecule has 0 aliphatic carbocycles. The fourth-order valence-corrected chi connectivity index (χ4v) is 2.42. The minimum atomic E-state index is -0.375. The van der Waals surface area contributed by atoms with E-state index in [1.807, 2.05) is 0 Å². The molecular formula is C14H19ClN2O3. The molecule has 20 heavy (non-hydrogen) atoms. The lowest BCUT2D eigenvalue weighted by Gasteiger charge is -2.16. The van der Waals surface area contributed by atoms with E-state index in [1.54, 1.807) is 30.2 Å². The van der Waals surface area contributed by atoms with Gasteiger partial charge in [-0.1, -0.05) is 11.6 Å². The predicted molar refractivity (Wildman–Crippen MR) is 78.3 cm³/mol. The Morgan fingerprint density at radius 3 is 3.05 bits per heavy atom. The molecule has 6 heteroatoms. The Balaban J connectivity index is 1.83. The van der Waals surface area contributed by atoms with Gasteiger partial charge in [-0.25, -0.2) is 0 Å². The number of methoxy groups -OCH3 is 1. The maximum absolute atomic E-state index is 11.9. The Bertz CT molecular complexity index is 481. The number of amides is 1. The summed E-state index contributed by atoms with van der Waals surface area (Å²) >= 11 is 5.94. The van der Waals surface area contributed by atoms with E-state index >= 15 is 0 Å². The summed E-state index contributed by atoms with van der Waals surface area (Å²) in [5, 5.41) is 13.2. The van der Waals surface area contributed by atoms with Crippen LogP contribution in [0.5, 0.6) is 5.75 Å². The van der Waals surface area contributed by atoms with Crippen molar-refractivity contribution in [3.63, 3.8) is 0 Å². The van der Waals surface area contributed by atoms with E-state index in [1.165, 1.54) is 0 Å². The van der Waals surface area contributed by atoms with Crippen LogP contribution >= 0.6 is 11.6 Å². The van der Waals surface area contributed by atoms with Crippen molar-refractivity contribution in [2.75, 3.05) is 32.1 Å². The normalized spacial score (nSPS) is 18.1. The Morgan fingerprint density at radius 1 is 1.60 bits per heavy atom. The van der Waals surface area contributed by atoms with Crippen molar-refractivity contribution in [1.82, 2.24) is 4.90 Å². The average Bonchev–Trinajstić information content (AvgIpc) is 2.86. The van der Waals surface area contributed by atoms with Crippen LogP contribution in [0.1, 0.15) is 12.8 Å². The molecule has 1 heterocycles. The molecule has 1 aliphatic heterocycles. The molecule has 0 bridgehead atoms. The number of carbonyl (C=O) groups excluding carboxylic acids is 1. The van der Waals surface area contributed by atoms with Crippen LogP contribution in [0.15, 0.2) is 18.2 Å². The molecule has 5 nitrogen and oxygen atoms in total. The lowest BCUT2D eigenvalue weighted by Crippen LogP contribution is -2.30. The Morgan fingerprint density at radius 2 is 2.40 bits per heavy atom. The summed E-state index contributed by atoms with van der Waals surface area (Å²) in [6.07, 6.45) is 0.670. The molecule has 1 aromatic rings. The molecule has 0 radical (unpaired) electrons.